The van der Waals surface area contributed by atoms with Crippen LogP contribution in [0.5, 0.6) is 0 Å². The van der Waals surface area contributed by atoms with Crippen LogP contribution in [0.2, 0.25) is 0 Å². The van der Waals surface area contributed by atoms with Crippen molar-refractivity contribution in [3.63, 3.8) is 0 Å². The fourth-order valence-electron chi connectivity index (χ4n) is 2.03. The Morgan fingerprint density at radius 1 is 1.60 bits per heavy atom. The first-order chi connectivity index (χ1) is 6.92. The van der Waals surface area contributed by atoms with E-state index in [-0.39, 0.29) is 5.41 Å². The summed E-state index contributed by atoms with van der Waals surface area (Å²) in [5.41, 5.74) is 2.49. The van der Waals surface area contributed by atoms with E-state index in [9.17, 15) is 4.79 Å². The lowest BCUT2D eigenvalue weighted by atomic mass is 9.88. The maximum absolute atomic E-state index is 11.1. The molecule has 80 valence electrons. The fraction of sp³-hybridized carbons (Fsp3) is 0.455. The summed E-state index contributed by atoms with van der Waals surface area (Å²) in [6.45, 7) is 6.44. The molecule has 1 amide bonds. The average molecular weight is 206 g/mol. The Morgan fingerprint density at radius 3 is 2.87 bits per heavy atom. The maximum Gasteiger partial charge on any atom is 0.411 e. The van der Waals surface area contributed by atoms with Gasteiger partial charge in [-0.05, 0) is 13.0 Å². The minimum absolute atomic E-state index is 0.144. The molecule has 0 atom stereocenters. The molecule has 1 aromatic heterocycles. The highest BCUT2D eigenvalue weighted by molar-refractivity contribution is 5.90. The smallest absolute Gasteiger partial charge is 0.411 e. The summed E-state index contributed by atoms with van der Waals surface area (Å²) >= 11 is 0. The van der Waals surface area contributed by atoms with Gasteiger partial charge in [-0.25, -0.2) is 4.79 Å². The Morgan fingerprint density at radius 2 is 2.27 bits per heavy atom. The van der Waals surface area contributed by atoms with Crippen LogP contribution in [0.25, 0.3) is 0 Å². The number of aromatic nitrogens is 1. The van der Waals surface area contributed by atoms with Crippen LogP contribution in [0.15, 0.2) is 12.3 Å². The molecule has 1 aliphatic rings. The van der Waals surface area contributed by atoms with Crippen LogP contribution < -0.4 is 4.90 Å². The summed E-state index contributed by atoms with van der Waals surface area (Å²) in [6.07, 6.45) is 0.889. The highest BCUT2D eigenvalue weighted by atomic mass is 16.4. The second kappa shape index (κ2) is 2.95. The van der Waals surface area contributed by atoms with E-state index in [4.69, 9.17) is 5.11 Å². The molecule has 2 heterocycles. The van der Waals surface area contributed by atoms with Crippen LogP contribution >= 0.6 is 0 Å². The van der Waals surface area contributed by atoms with E-state index >= 15 is 0 Å². The van der Waals surface area contributed by atoms with Gasteiger partial charge < -0.3 is 5.11 Å². The third-order valence-corrected chi connectivity index (χ3v) is 2.82. The fourth-order valence-corrected chi connectivity index (χ4v) is 2.03. The number of carbonyl (C=O) groups is 1. The van der Waals surface area contributed by atoms with E-state index in [1.807, 2.05) is 26.8 Å². The van der Waals surface area contributed by atoms with Gasteiger partial charge >= 0.3 is 6.09 Å². The molecule has 15 heavy (non-hydrogen) atoms. The minimum Gasteiger partial charge on any atom is -0.465 e. The predicted molar refractivity (Wildman–Crippen MR) is 57.4 cm³/mol. The van der Waals surface area contributed by atoms with Crippen molar-refractivity contribution in [1.29, 1.82) is 0 Å². The number of amides is 1. The second-order valence-corrected chi connectivity index (χ2v) is 4.60. The number of fused-ring (bicyclic) bond motifs is 1. The molecule has 4 nitrogen and oxygen atoms in total. The molecule has 0 fully saturated rings. The number of anilines is 1. The van der Waals surface area contributed by atoms with E-state index in [1.165, 1.54) is 4.90 Å². The van der Waals surface area contributed by atoms with Crippen LogP contribution in [-0.4, -0.2) is 22.7 Å². The summed E-state index contributed by atoms with van der Waals surface area (Å²) in [6, 6.07) is 1.83. The number of nitrogens with zero attached hydrogens (tertiary/aromatic N) is 2. The summed E-state index contributed by atoms with van der Waals surface area (Å²) in [5.74, 6) is 0. The van der Waals surface area contributed by atoms with Crippen LogP contribution in [0.3, 0.4) is 0 Å². The number of rotatable bonds is 0. The first kappa shape index (κ1) is 9.96. The van der Waals surface area contributed by atoms with Gasteiger partial charge in [-0.15, -0.1) is 0 Å². The highest BCUT2D eigenvalue weighted by Crippen LogP contribution is 2.40. The predicted octanol–water partition coefficient (Wildman–Crippen LogP) is 2.17. The first-order valence-electron chi connectivity index (χ1n) is 4.89. The van der Waals surface area contributed by atoms with Gasteiger partial charge in [0.25, 0.3) is 0 Å². The van der Waals surface area contributed by atoms with Gasteiger partial charge in [0, 0.05) is 29.4 Å². The van der Waals surface area contributed by atoms with Crippen molar-refractivity contribution < 1.29 is 9.90 Å². The van der Waals surface area contributed by atoms with Crippen LogP contribution in [-0.2, 0) is 5.41 Å². The Bertz CT molecular complexity index is 427. The summed E-state index contributed by atoms with van der Waals surface area (Å²) < 4.78 is 0. The molecule has 1 aliphatic heterocycles. The SMILES string of the molecule is Cc1cc2c(cn1)C(C)(C)CN2C(=O)O. The molecule has 0 saturated heterocycles. The molecular weight excluding hydrogens is 192 g/mol. The molecule has 1 aromatic rings. The molecule has 0 bridgehead atoms. The molecular formula is C11H14N2O2. The van der Waals surface area contributed by atoms with Crippen molar-refractivity contribution in [2.75, 3.05) is 11.4 Å². The molecule has 0 unspecified atom stereocenters. The van der Waals surface area contributed by atoms with Gasteiger partial charge in [-0.1, -0.05) is 13.8 Å². The van der Waals surface area contributed by atoms with Crippen LogP contribution in [0.4, 0.5) is 10.5 Å². The molecule has 0 saturated carbocycles. The number of aryl methyl sites for hydroxylation is 1. The molecule has 0 spiro atoms. The lowest BCUT2D eigenvalue weighted by Crippen LogP contribution is -2.32. The van der Waals surface area contributed by atoms with Gasteiger partial charge in [0.15, 0.2) is 0 Å². The topological polar surface area (TPSA) is 53.4 Å². The summed E-state index contributed by atoms with van der Waals surface area (Å²) in [7, 11) is 0. The Labute approximate surface area is 88.6 Å². The number of hydrogen-bond acceptors (Lipinski definition) is 2. The molecule has 0 aromatic carbocycles. The number of hydrogen-bond donors (Lipinski definition) is 1. The van der Waals surface area contributed by atoms with Crippen molar-refractivity contribution in [3.05, 3.63) is 23.5 Å². The van der Waals surface area contributed by atoms with E-state index in [2.05, 4.69) is 4.98 Å². The minimum atomic E-state index is -0.896. The zero-order valence-electron chi connectivity index (χ0n) is 9.11. The number of pyridine rings is 1. The van der Waals surface area contributed by atoms with E-state index in [0.717, 1.165) is 16.9 Å². The van der Waals surface area contributed by atoms with Gasteiger partial charge in [0.1, 0.15) is 0 Å². The standard InChI is InChI=1S/C11H14N2O2/c1-7-4-9-8(5-12-7)11(2,3)6-13(9)10(14)15/h4-5H,6H2,1-3H3,(H,14,15). The highest BCUT2D eigenvalue weighted by Gasteiger charge is 2.38. The zero-order chi connectivity index (χ0) is 11.2. The van der Waals surface area contributed by atoms with Crippen molar-refractivity contribution in [3.8, 4) is 0 Å². The van der Waals surface area contributed by atoms with Crippen LogP contribution in [0, 0.1) is 6.92 Å². The normalized spacial score (nSPS) is 17.7. The molecule has 2 rings (SSSR count). The Balaban J connectivity index is 2.58. The van der Waals surface area contributed by atoms with Crippen molar-refractivity contribution in [2.24, 2.45) is 0 Å². The lowest BCUT2D eigenvalue weighted by molar-refractivity contribution is 0.201. The van der Waals surface area contributed by atoms with Crippen molar-refractivity contribution in [1.82, 2.24) is 4.98 Å². The van der Waals surface area contributed by atoms with Gasteiger partial charge in [0.05, 0.1) is 5.69 Å². The molecule has 0 aliphatic carbocycles. The molecule has 1 N–H and O–H groups in total. The van der Waals surface area contributed by atoms with E-state index in [0.29, 0.717) is 6.54 Å². The van der Waals surface area contributed by atoms with Crippen molar-refractivity contribution >= 4 is 11.8 Å². The largest absolute Gasteiger partial charge is 0.465 e. The Hall–Kier alpha value is -1.58. The molecule has 0 radical (unpaired) electrons. The van der Waals surface area contributed by atoms with Crippen molar-refractivity contribution in [2.45, 2.75) is 26.2 Å². The molecule has 4 heteroatoms. The van der Waals surface area contributed by atoms with Crippen LogP contribution in [0.1, 0.15) is 25.1 Å². The average Bonchev–Trinajstić information content (AvgIpc) is 2.38. The van der Waals surface area contributed by atoms with Gasteiger partial charge in [-0.2, -0.15) is 0 Å². The lowest BCUT2D eigenvalue weighted by Gasteiger charge is -2.18. The zero-order valence-corrected chi connectivity index (χ0v) is 9.11. The quantitative estimate of drug-likeness (QED) is 0.707. The third-order valence-electron chi connectivity index (χ3n) is 2.82. The maximum atomic E-state index is 11.1. The number of carboxylic acid groups (broad SMARTS) is 1. The first-order valence-corrected chi connectivity index (χ1v) is 4.89. The summed E-state index contributed by atoms with van der Waals surface area (Å²) in [4.78, 5) is 16.7. The van der Waals surface area contributed by atoms with E-state index in [1.54, 1.807) is 6.20 Å². The van der Waals surface area contributed by atoms with Gasteiger partial charge in [0.2, 0.25) is 0 Å². The Kier molecular flexibility index (Phi) is 1.96. The van der Waals surface area contributed by atoms with Gasteiger partial charge in [-0.3, -0.25) is 9.88 Å². The van der Waals surface area contributed by atoms with E-state index < -0.39 is 6.09 Å². The monoisotopic (exact) mass is 206 g/mol. The summed E-state index contributed by atoms with van der Waals surface area (Å²) in [5, 5.41) is 9.09. The second-order valence-electron chi connectivity index (χ2n) is 4.60. The third kappa shape index (κ3) is 1.46.